The molecule has 0 aliphatic carbocycles. The van der Waals surface area contributed by atoms with Crippen molar-refractivity contribution in [3.8, 4) is 11.1 Å². The predicted molar refractivity (Wildman–Crippen MR) is 134 cm³/mol. The van der Waals surface area contributed by atoms with Crippen LogP contribution in [0.25, 0.3) is 11.1 Å². The van der Waals surface area contributed by atoms with Gasteiger partial charge in [0.1, 0.15) is 5.03 Å². The lowest BCUT2D eigenvalue weighted by molar-refractivity contribution is -0.210. The summed E-state index contributed by atoms with van der Waals surface area (Å²) in [6, 6.07) is 21.4. The molecule has 0 saturated carbocycles. The molecule has 4 rings (SSSR count). The zero-order valence-electron chi connectivity index (χ0n) is 18.6. The number of ether oxygens (including phenoxy) is 1. The largest absolute Gasteiger partial charge is 0.478 e. The Morgan fingerprint density at radius 3 is 2.60 bits per heavy atom. The van der Waals surface area contributed by atoms with Gasteiger partial charge in [0.25, 0.3) is 0 Å². The molecule has 0 amide bonds. The fourth-order valence-electron chi connectivity index (χ4n) is 3.70. The second-order valence-electron chi connectivity index (χ2n) is 7.66. The lowest BCUT2D eigenvalue weighted by Gasteiger charge is -2.35. The fourth-order valence-corrected chi connectivity index (χ4v) is 5.22. The van der Waals surface area contributed by atoms with E-state index in [0.717, 1.165) is 33.9 Å². The van der Waals surface area contributed by atoms with Gasteiger partial charge in [0.15, 0.2) is 0 Å². The van der Waals surface area contributed by atoms with Crippen molar-refractivity contribution in [2.45, 2.75) is 16.4 Å². The van der Waals surface area contributed by atoms with Gasteiger partial charge < -0.3 is 14.7 Å². The van der Waals surface area contributed by atoms with Gasteiger partial charge in [-0.2, -0.15) is 0 Å². The minimum Gasteiger partial charge on any atom is -0.478 e. The number of carboxylic acid groups (broad SMARTS) is 1. The molecule has 1 saturated heterocycles. The predicted octanol–water partition coefficient (Wildman–Crippen LogP) is 5.04. The highest BCUT2D eigenvalue weighted by atomic mass is 35.5. The molecule has 2 heterocycles. The number of halogens is 1. The van der Waals surface area contributed by atoms with Crippen molar-refractivity contribution < 1.29 is 24.3 Å². The van der Waals surface area contributed by atoms with E-state index in [1.54, 1.807) is 18.0 Å². The summed E-state index contributed by atoms with van der Waals surface area (Å²) in [4.78, 5) is 32.7. The molecule has 2 unspecified atom stereocenters. The van der Waals surface area contributed by atoms with Crippen LogP contribution in [0.15, 0.2) is 90.1 Å². The van der Waals surface area contributed by atoms with E-state index in [1.165, 1.54) is 5.06 Å². The van der Waals surface area contributed by atoms with Crippen LogP contribution in [-0.2, 0) is 19.2 Å². The number of carbonyl (C=O) groups excluding carboxylic acids is 1. The molecule has 1 fully saturated rings. The molecule has 1 aliphatic rings. The van der Waals surface area contributed by atoms with E-state index in [9.17, 15) is 9.59 Å². The SMILES string of the molecule is O=C(O)/C=C/C(=O)ON1CCOC(C(Sc2ncccc2-c2ccccc2Cl)c2ccccc2)C1. The van der Waals surface area contributed by atoms with E-state index in [0.29, 0.717) is 24.7 Å². The third-order valence-electron chi connectivity index (χ3n) is 5.28. The number of nitrogens with zero attached hydrogens (tertiary/aromatic N) is 2. The van der Waals surface area contributed by atoms with E-state index >= 15 is 0 Å². The zero-order valence-corrected chi connectivity index (χ0v) is 20.2. The molecule has 180 valence electrons. The van der Waals surface area contributed by atoms with E-state index in [2.05, 4.69) is 4.98 Å². The molecule has 1 aliphatic heterocycles. The number of pyridine rings is 1. The first-order chi connectivity index (χ1) is 17.0. The van der Waals surface area contributed by atoms with Gasteiger partial charge in [-0.15, -0.1) is 5.06 Å². The number of hydrogen-bond acceptors (Lipinski definition) is 7. The van der Waals surface area contributed by atoms with E-state index in [4.69, 9.17) is 26.3 Å². The fraction of sp³-hybridized carbons (Fsp3) is 0.192. The molecular formula is C26H23ClN2O5S. The average molecular weight is 511 g/mol. The molecule has 35 heavy (non-hydrogen) atoms. The van der Waals surface area contributed by atoms with E-state index in [-0.39, 0.29) is 11.4 Å². The monoisotopic (exact) mass is 510 g/mol. The molecule has 1 aromatic heterocycles. The second-order valence-corrected chi connectivity index (χ2v) is 9.20. The minimum atomic E-state index is -1.22. The lowest BCUT2D eigenvalue weighted by atomic mass is 10.1. The van der Waals surface area contributed by atoms with E-state index in [1.807, 2.05) is 66.7 Å². The topological polar surface area (TPSA) is 89.0 Å². The van der Waals surface area contributed by atoms with Crippen molar-refractivity contribution >= 4 is 35.3 Å². The van der Waals surface area contributed by atoms with Gasteiger partial charge in [-0.1, -0.05) is 78.0 Å². The molecule has 2 aromatic carbocycles. The summed E-state index contributed by atoms with van der Waals surface area (Å²) in [6.45, 7) is 1.04. The number of carboxylic acids is 1. The van der Waals surface area contributed by atoms with Crippen molar-refractivity contribution in [3.05, 3.63) is 95.7 Å². The Morgan fingerprint density at radius 2 is 1.83 bits per heavy atom. The number of rotatable bonds is 8. The first-order valence-corrected chi connectivity index (χ1v) is 12.2. The summed E-state index contributed by atoms with van der Waals surface area (Å²) in [5.74, 6) is -1.96. The van der Waals surface area contributed by atoms with Crippen molar-refractivity contribution in [2.75, 3.05) is 19.7 Å². The highest BCUT2D eigenvalue weighted by Crippen LogP contribution is 2.43. The Kier molecular flexibility index (Phi) is 8.54. The molecule has 2 atom stereocenters. The maximum Gasteiger partial charge on any atom is 0.349 e. The molecule has 3 aromatic rings. The quantitative estimate of drug-likeness (QED) is 0.333. The van der Waals surface area contributed by atoms with Crippen LogP contribution < -0.4 is 0 Å². The van der Waals surface area contributed by atoms with Crippen LogP contribution in [0, 0.1) is 0 Å². The van der Waals surface area contributed by atoms with Crippen molar-refractivity contribution in [1.29, 1.82) is 0 Å². The van der Waals surface area contributed by atoms with Crippen LogP contribution in [0.3, 0.4) is 0 Å². The Bertz CT molecular complexity index is 1210. The van der Waals surface area contributed by atoms with Crippen molar-refractivity contribution in [1.82, 2.24) is 10.0 Å². The van der Waals surface area contributed by atoms with Gasteiger partial charge >= 0.3 is 11.9 Å². The number of thioether (sulfide) groups is 1. The van der Waals surface area contributed by atoms with Gasteiger partial charge in [0, 0.05) is 34.5 Å². The third kappa shape index (κ3) is 6.70. The number of benzene rings is 2. The zero-order chi connectivity index (χ0) is 24.6. The number of hydroxylamine groups is 2. The number of aromatic nitrogens is 1. The Labute approximate surface area is 212 Å². The highest BCUT2D eigenvalue weighted by molar-refractivity contribution is 7.99. The van der Waals surface area contributed by atoms with Crippen LogP contribution in [0.4, 0.5) is 0 Å². The molecule has 9 heteroatoms. The van der Waals surface area contributed by atoms with Crippen LogP contribution in [-0.4, -0.2) is 52.9 Å². The van der Waals surface area contributed by atoms with Gasteiger partial charge in [-0.25, -0.2) is 14.6 Å². The second kappa shape index (κ2) is 12.0. The molecule has 0 bridgehead atoms. The van der Waals surface area contributed by atoms with Gasteiger partial charge in [-0.05, 0) is 17.7 Å². The molecule has 0 spiro atoms. The molecule has 1 N–H and O–H groups in total. The van der Waals surface area contributed by atoms with Gasteiger partial charge in [0.2, 0.25) is 0 Å². The number of morpholine rings is 1. The lowest BCUT2D eigenvalue weighted by Crippen LogP contribution is -2.45. The van der Waals surface area contributed by atoms with Gasteiger partial charge in [-0.3, -0.25) is 0 Å². The summed E-state index contributed by atoms with van der Waals surface area (Å²) < 4.78 is 6.13. The van der Waals surface area contributed by atoms with Crippen LogP contribution in [0.5, 0.6) is 0 Å². The highest BCUT2D eigenvalue weighted by Gasteiger charge is 2.32. The van der Waals surface area contributed by atoms with Crippen LogP contribution in [0.1, 0.15) is 10.8 Å². The number of aliphatic carboxylic acids is 1. The minimum absolute atomic E-state index is 0.164. The number of hydrogen-bond donors (Lipinski definition) is 1. The van der Waals surface area contributed by atoms with Crippen molar-refractivity contribution in [3.63, 3.8) is 0 Å². The molecular weight excluding hydrogens is 488 g/mol. The Balaban J connectivity index is 1.60. The third-order valence-corrected chi connectivity index (χ3v) is 6.98. The normalized spacial score (nSPS) is 17.2. The summed E-state index contributed by atoms with van der Waals surface area (Å²) in [6.07, 6.45) is 3.06. The summed E-state index contributed by atoms with van der Waals surface area (Å²) in [7, 11) is 0. The molecule has 0 radical (unpaired) electrons. The Morgan fingerprint density at radius 1 is 1.09 bits per heavy atom. The molecule has 7 nitrogen and oxygen atoms in total. The summed E-state index contributed by atoms with van der Waals surface area (Å²) in [5.41, 5.74) is 2.85. The average Bonchev–Trinajstić information content (AvgIpc) is 2.87. The standard InChI is InChI=1S/C26H23ClN2O5S/c27-21-11-5-4-9-19(21)20-10-6-14-28-26(20)35-25(18-7-2-1-3-8-18)22-17-29(15-16-33-22)34-24(32)13-12-23(30)31/h1-14,22,25H,15-17H2,(H,30,31)/b13-12+. The first-order valence-electron chi connectivity index (χ1n) is 10.9. The smallest absolute Gasteiger partial charge is 0.349 e. The van der Waals surface area contributed by atoms with E-state index < -0.39 is 11.9 Å². The van der Waals surface area contributed by atoms with Gasteiger partial charge in [0.05, 0.1) is 31.1 Å². The summed E-state index contributed by atoms with van der Waals surface area (Å²) >= 11 is 8.05. The van der Waals surface area contributed by atoms with Crippen molar-refractivity contribution in [2.24, 2.45) is 0 Å². The first kappa shape index (κ1) is 24.9. The maximum absolute atomic E-state index is 12.0. The number of carbonyl (C=O) groups is 2. The summed E-state index contributed by atoms with van der Waals surface area (Å²) in [5, 5.41) is 11.5. The maximum atomic E-state index is 12.0. The Hall–Kier alpha value is -3.17. The van der Waals surface area contributed by atoms with Crippen LogP contribution in [0.2, 0.25) is 5.02 Å². The van der Waals surface area contributed by atoms with Crippen LogP contribution >= 0.6 is 23.4 Å².